The second kappa shape index (κ2) is 55.9. The van der Waals surface area contributed by atoms with Gasteiger partial charge in [0.25, 0.3) is 0 Å². The van der Waals surface area contributed by atoms with Gasteiger partial charge in [-0.15, -0.1) is 0 Å². The summed E-state index contributed by atoms with van der Waals surface area (Å²) in [5, 5.41) is 23.3. The topological polar surface area (TPSA) is 95.9 Å². The molecule has 66 heavy (non-hydrogen) atoms. The fourth-order valence-electron chi connectivity index (χ4n) is 9.16. The Labute approximate surface area is 411 Å². The summed E-state index contributed by atoms with van der Waals surface area (Å²) in [7, 11) is 0. The highest BCUT2D eigenvalue weighted by Crippen LogP contribution is 2.17. The Balaban J connectivity index is 3.42. The van der Waals surface area contributed by atoms with Crippen LogP contribution in [0.4, 0.5) is 0 Å². The Morgan fingerprint density at radius 3 is 1.09 bits per heavy atom. The molecule has 3 N–H and O–H groups in total. The van der Waals surface area contributed by atoms with Crippen LogP contribution in [-0.2, 0) is 14.3 Å². The van der Waals surface area contributed by atoms with Gasteiger partial charge in [0.05, 0.1) is 25.4 Å². The Morgan fingerprint density at radius 1 is 0.409 bits per heavy atom. The largest absolute Gasteiger partial charge is 0.466 e. The molecule has 0 spiro atoms. The zero-order valence-corrected chi connectivity index (χ0v) is 44.4. The fourth-order valence-corrected chi connectivity index (χ4v) is 9.16. The van der Waals surface area contributed by atoms with Gasteiger partial charge >= 0.3 is 5.97 Å². The van der Waals surface area contributed by atoms with Crippen LogP contribution in [-0.4, -0.2) is 47.4 Å². The molecule has 0 aromatic heterocycles. The lowest BCUT2D eigenvalue weighted by molar-refractivity contribution is -0.143. The van der Waals surface area contributed by atoms with E-state index in [-0.39, 0.29) is 18.5 Å². The minimum absolute atomic E-state index is 0.000827. The van der Waals surface area contributed by atoms with E-state index < -0.39 is 12.1 Å². The maximum atomic E-state index is 12.5. The lowest BCUT2D eigenvalue weighted by atomic mass is 10.0. The summed E-state index contributed by atoms with van der Waals surface area (Å²) in [6.07, 6.45) is 67.4. The maximum absolute atomic E-state index is 12.5. The van der Waals surface area contributed by atoms with E-state index in [1.165, 1.54) is 244 Å². The molecular formula is C60H115NO5. The molecule has 0 fully saturated rings. The summed E-state index contributed by atoms with van der Waals surface area (Å²) in [6.45, 7) is 4.94. The molecule has 0 aliphatic heterocycles. The minimum atomic E-state index is -0.668. The molecule has 2 atom stereocenters. The van der Waals surface area contributed by atoms with Gasteiger partial charge in [0, 0.05) is 12.8 Å². The number of hydrogen-bond acceptors (Lipinski definition) is 5. The number of hydrogen-bond donors (Lipinski definition) is 3. The Bertz CT molecular complexity index is 1030. The molecule has 0 aromatic rings. The van der Waals surface area contributed by atoms with Crippen LogP contribution in [0.25, 0.3) is 0 Å². The monoisotopic (exact) mass is 930 g/mol. The van der Waals surface area contributed by atoms with Crippen LogP contribution in [0, 0.1) is 0 Å². The standard InChI is InChI=1S/C60H115NO5/c1-3-5-7-9-11-13-15-17-29-32-36-40-44-48-52-58(63)57(56-62)61-59(64)53-49-45-41-37-33-30-26-24-22-20-18-19-21-23-25-27-31-35-39-43-47-51-55-66-60(65)54-50-46-42-38-34-28-16-14-12-10-8-6-4-2/h14,16,20,22,57-58,62-63H,3-13,15,17-19,21,23-56H2,1-2H3,(H,61,64)/b16-14-,22-20-. The smallest absolute Gasteiger partial charge is 0.305 e. The Morgan fingerprint density at radius 2 is 0.712 bits per heavy atom. The zero-order valence-electron chi connectivity index (χ0n) is 44.4. The SMILES string of the molecule is CCCCCC/C=C\CCCCCCCC(=O)OCCCCCCCCCCCCC/C=C\CCCCCCCCCC(=O)NC(CO)C(O)CCCCCCCCCCCCCCCC. The van der Waals surface area contributed by atoms with Gasteiger partial charge in [0.1, 0.15) is 0 Å². The number of ether oxygens (including phenoxy) is 1. The van der Waals surface area contributed by atoms with Gasteiger partial charge < -0.3 is 20.3 Å². The van der Waals surface area contributed by atoms with Crippen molar-refractivity contribution in [2.45, 2.75) is 334 Å². The van der Waals surface area contributed by atoms with Crippen molar-refractivity contribution in [1.82, 2.24) is 5.32 Å². The van der Waals surface area contributed by atoms with Gasteiger partial charge in [-0.05, 0) is 77.0 Å². The highest BCUT2D eigenvalue weighted by molar-refractivity contribution is 5.76. The lowest BCUT2D eigenvalue weighted by Gasteiger charge is -2.22. The molecule has 390 valence electrons. The lowest BCUT2D eigenvalue weighted by Crippen LogP contribution is -2.45. The number of aliphatic hydroxyl groups is 2. The molecule has 0 heterocycles. The summed E-state index contributed by atoms with van der Waals surface area (Å²) in [4.78, 5) is 24.5. The number of amides is 1. The zero-order chi connectivity index (χ0) is 47.9. The first-order valence-electron chi connectivity index (χ1n) is 29.6. The number of carbonyl (C=O) groups is 2. The van der Waals surface area contributed by atoms with E-state index in [1.54, 1.807) is 0 Å². The van der Waals surface area contributed by atoms with Gasteiger partial charge in [0.2, 0.25) is 5.91 Å². The Kier molecular flexibility index (Phi) is 54.5. The third-order valence-electron chi connectivity index (χ3n) is 13.7. The summed E-state index contributed by atoms with van der Waals surface area (Å²) < 4.78 is 5.47. The van der Waals surface area contributed by atoms with Crippen molar-refractivity contribution in [3.63, 3.8) is 0 Å². The molecule has 2 unspecified atom stereocenters. The van der Waals surface area contributed by atoms with Gasteiger partial charge in [-0.1, -0.05) is 256 Å². The molecular weight excluding hydrogens is 815 g/mol. The van der Waals surface area contributed by atoms with Crippen molar-refractivity contribution in [3.8, 4) is 0 Å². The van der Waals surface area contributed by atoms with E-state index in [1.807, 2.05) is 0 Å². The summed E-state index contributed by atoms with van der Waals surface area (Å²) in [5.41, 5.74) is 0. The fraction of sp³-hybridized carbons (Fsp3) is 0.900. The van der Waals surface area contributed by atoms with Crippen LogP contribution < -0.4 is 5.32 Å². The normalized spacial score (nSPS) is 12.7. The molecule has 0 radical (unpaired) electrons. The van der Waals surface area contributed by atoms with Crippen LogP contribution >= 0.6 is 0 Å². The number of allylic oxidation sites excluding steroid dienone is 4. The molecule has 0 aliphatic rings. The van der Waals surface area contributed by atoms with Crippen LogP contribution in [0.3, 0.4) is 0 Å². The van der Waals surface area contributed by atoms with E-state index >= 15 is 0 Å². The van der Waals surface area contributed by atoms with E-state index in [4.69, 9.17) is 4.74 Å². The summed E-state index contributed by atoms with van der Waals surface area (Å²) >= 11 is 0. The quantitative estimate of drug-likeness (QED) is 0.0321. The second-order valence-corrected chi connectivity index (χ2v) is 20.3. The van der Waals surface area contributed by atoms with Crippen LogP contribution in [0.1, 0.15) is 322 Å². The third-order valence-corrected chi connectivity index (χ3v) is 13.7. The van der Waals surface area contributed by atoms with Crippen LogP contribution in [0.5, 0.6) is 0 Å². The number of aliphatic hydroxyl groups excluding tert-OH is 2. The van der Waals surface area contributed by atoms with Crippen LogP contribution in [0.2, 0.25) is 0 Å². The van der Waals surface area contributed by atoms with Gasteiger partial charge in [0.15, 0.2) is 0 Å². The Hall–Kier alpha value is -1.66. The predicted molar refractivity (Wildman–Crippen MR) is 287 cm³/mol. The van der Waals surface area contributed by atoms with E-state index in [2.05, 4.69) is 43.5 Å². The van der Waals surface area contributed by atoms with Crippen molar-refractivity contribution in [1.29, 1.82) is 0 Å². The van der Waals surface area contributed by atoms with Gasteiger partial charge in [-0.2, -0.15) is 0 Å². The first kappa shape index (κ1) is 64.3. The minimum Gasteiger partial charge on any atom is -0.466 e. The molecule has 0 saturated heterocycles. The first-order valence-corrected chi connectivity index (χ1v) is 29.6. The number of carbonyl (C=O) groups excluding carboxylic acids is 2. The molecule has 0 aromatic carbocycles. The van der Waals surface area contributed by atoms with Crippen molar-refractivity contribution < 1.29 is 24.5 Å². The molecule has 6 heteroatoms. The van der Waals surface area contributed by atoms with E-state index in [9.17, 15) is 19.8 Å². The highest BCUT2D eigenvalue weighted by Gasteiger charge is 2.20. The van der Waals surface area contributed by atoms with E-state index in [0.717, 1.165) is 44.9 Å². The second-order valence-electron chi connectivity index (χ2n) is 20.3. The van der Waals surface area contributed by atoms with Crippen molar-refractivity contribution in [2.24, 2.45) is 0 Å². The average Bonchev–Trinajstić information content (AvgIpc) is 3.32. The molecule has 0 aliphatic carbocycles. The average molecular weight is 931 g/mol. The van der Waals surface area contributed by atoms with Crippen LogP contribution in [0.15, 0.2) is 24.3 Å². The molecule has 1 amide bonds. The van der Waals surface area contributed by atoms with E-state index in [0.29, 0.717) is 25.9 Å². The number of rotatable bonds is 55. The van der Waals surface area contributed by atoms with Gasteiger partial charge in [-0.25, -0.2) is 0 Å². The number of unbranched alkanes of at least 4 members (excludes halogenated alkanes) is 40. The third kappa shape index (κ3) is 51.7. The molecule has 0 saturated carbocycles. The summed E-state index contributed by atoms with van der Waals surface area (Å²) in [6, 6.07) is -0.546. The first-order chi connectivity index (χ1) is 32.5. The predicted octanol–water partition coefficient (Wildman–Crippen LogP) is 18.2. The number of esters is 1. The molecule has 0 rings (SSSR count). The number of nitrogens with one attached hydrogen (secondary N) is 1. The maximum Gasteiger partial charge on any atom is 0.305 e. The van der Waals surface area contributed by atoms with Crippen molar-refractivity contribution in [3.05, 3.63) is 24.3 Å². The van der Waals surface area contributed by atoms with Gasteiger partial charge in [-0.3, -0.25) is 9.59 Å². The van der Waals surface area contributed by atoms with Crippen molar-refractivity contribution >= 4 is 11.9 Å². The highest BCUT2D eigenvalue weighted by atomic mass is 16.5. The molecule has 6 nitrogen and oxygen atoms in total. The molecule has 0 bridgehead atoms. The van der Waals surface area contributed by atoms with Crippen molar-refractivity contribution in [2.75, 3.05) is 13.2 Å². The summed E-state index contributed by atoms with van der Waals surface area (Å²) in [5.74, 6) is -0.0401.